The standard InChI is InChI=1S/C16H23BrFN/c17-14-7-8-16(18)13(10-14)11-15(19)9-12-5-3-1-2-4-6-12/h7-8,10,12,15H,1-6,9,11,19H2. The summed E-state index contributed by atoms with van der Waals surface area (Å²) >= 11 is 3.39. The Hall–Kier alpha value is -0.410. The fourth-order valence-electron chi connectivity index (χ4n) is 3.09. The molecule has 1 aromatic carbocycles. The molecule has 1 saturated carbocycles. The van der Waals surface area contributed by atoms with Crippen LogP contribution >= 0.6 is 15.9 Å². The molecule has 0 radical (unpaired) electrons. The van der Waals surface area contributed by atoms with Crippen LogP contribution in [0, 0.1) is 11.7 Å². The zero-order valence-electron chi connectivity index (χ0n) is 11.4. The third-order valence-electron chi connectivity index (χ3n) is 4.10. The molecular formula is C16H23BrFN. The molecule has 0 saturated heterocycles. The van der Waals surface area contributed by atoms with Crippen LogP contribution in [0.15, 0.2) is 22.7 Å². The van der Waals surface area contributed by atoms with Crippen LogP contribution in [0.1, 0.15) is 50.5 Å². The molecule has 1 unspecified atom stereocenters. The molecule has 19 heavy (non-hydrogen) atoms. The van der Waals surface area contributed by atoms with Gasteiger partial charge in [-0.05, 0) is 42.5 Å². The lowest BCUT2D eigenvalue weighted by molar-refractivity contribution is 0.385. The van der Waals surface area contributed by atoms with Crippen LogP contribution in [0.4, 0.5) is 4.39 Å². The normalized spacial score (nSPS) is 19.1. The van der Waals surface area contributed by atoms with Crippen LogP contribution in [0.25, 0.3) is 0 Å². The van der Waals surface area contributed by atoms with Crippen molar-refractivity contribution in [2.24, 2.45) is 11.7 Å². The highest BCUT2D eigenvalue weighted by atomic mass is 79.9. The largest absolute Gasteiger partial charge is 0.327 e. The number of benzene rings is 1. The highest BCUT2D eigenvalue weighted by Gasteiger charge is 2.17. The van der Waals surface area contributed by atoms with Crippen LogP contribution in [-0.4, -0.2) is 6.04 Å². The molecule has 0 aromatic heterocycles. The van der Waals surface area contributed by atoms with E-state index in [1.165, 1.54) is 44.6 Å². The van der Waals surface area contributed by atoms with Gasteiger partial charge in [-0.25, -0.2) is 4.39 Å². The quantitative estimate of drug-likeness (QED) is 0.788. The second-order valence-electron chi connectivity index (χ2n) is 5.79. The molecule has 0 aliphatic heterocycles. The average Bonchev–Trinajstić information content (AvgIpc) is 2.62. The van der Waals surface area contributed by atoms with E-state index >= 15 is 0 Å². The monoisotopic (exact) mass is 327 g/mol. The summed E-state index contributed by atoms with van der Waals surface area (Å²) in [4.78, 5) is 0. The van der Waals surface area contributed by atoms with Crippen LogP contribution in [0.5, 0.6) is 0 Å². The summed E-state index contributed by atoms with van der Waals surface area (Å²) < 4.78 is 14.6. The van der Waals surface area contributed by atoms with Gasteiger partial charge in [0.2, 0.25) is 0 Å². The molecule has 1 aliphatic carbocycles. The van der Waals surface area contributed by atoms with Crippen molar-refractivity contribution in [3.63, 3.8) is 0 Å². The van der Waals surface area contributed by atoms with Crippen molar-refractivity contribution >= 4 is 15.9 Å². The molecule has 1 aliphatic rings. The summed E-state index contributed by atoms with van der Waals surface area (Å²) in [7, 11) is 0. The Morgan fingerprint density at radius 1 is 1.21 bits per heavy atom. The van der Waals surface area contributed by atoms with Gasteiger partial charge in [-0.2, -0.15) is 0 Å². The highest BCUT2D eigenvalue weighted by molar-refractivity contribution is 9.10. The minimum absolute atomic E-state index is 0.0758. The van der Waals surface area contributed by atoms with E-state index in [-0.39, 0.29) is 11.9 Å². The van der Waals surface area contributed by atoms with E-state index in [4.69, 9.17) is 5.73 Å². The van der Waals surface area contributed by atoms with Gasteiger partial charge >= 0.3 is 0 Å². The number of hydrogen-bond donors (Lipinski definition) is 1. The molecule has 0 heterocycles. The Morgan fingerprint density at radius 2 is 1.89 bits per heavy atom. The van der Waals surface area contributed by atoms with Gasteiger partial charge in [0.1, 0.15) is 5.82 Å². The molecule has 0 bridgehead atoms. The maximum Gasteiger partial charge on any atom is 0.126 e. The second kappa shape index (κ2) is 7.39. The zero-order chi connectivity index (χ0) is 13.7. The molecule has 0 spiro atoms. The predicted molar refractivity (Wildman–Crippen MR) is 81.6 cm³/mol. The summed E-state index contributed by atoms with van der Waals surface area (Å²) in [6.45, 7) is 0. The zero-order valence-corrected chi connectivity index (χ0v) is 13.0. The number of halogens is 2. The van der Waals surface area contributed by atoms with Gasteiger partial charge in [-0.1, -0.05) is 54.5 Å². The molecule has 2 N–H and O–H groups in total. The van der Waals surface area contributed by atoms with E-state index < -0.39 is 0 Å². The Labute approximate surface area is 123 Å². The van der Waals surface area contributed by atoms with Crippen molar-refractivity contribution in [1.29, 1.82) is 0 Å². The van der Waals surface area contributed by atoms with Crippen LogP contribution in [-0.2, 0) is 6.42 Å². The second-order valence-corrected chi connectivity index (χ2v) is 6.71. The molecule has 0 amide bonds. The fraction of sp³-hybridized carbons (Fsp3) is 0.625. The van der Waals surface area contributed by atoms with Crippen molar-refractivity contribution in [3.05, 3.63) is 34.1 Å². The lowest BCUT2D eigenvalue weighted by Gasteiger charge is -2.19. The molecule has 1 atom stereocenters. The van der Waals surface area contributed by atoms with Gasteiger partial charge in [0.15, 0.2) is 0 Å². The Bertz CT molecular complexity index is 400. The molecule has 1 nitrogen and oxygen atoms in total. The molecular weight excluding hydrogens is 305 g/mol. The highest BCUT2D eigenvalue weighted by Crippen LogP contribution is 2.27. The van der Waals surface area contributed by atoms with Gasteiger partial charge < -0.3 is 5.73 Å². The third-order valence-corrected chi connectivity index (χ3v) is 4.59. The fourth-order valence-corrected chi connectivity index (χ4v) is 3.50. The van der Waals surface area contributed by atoms with E-state index in [9.17, 15) is 4.39 Å². The minimum Gasteiger partial charge on any atom is -0.327 e. The maximum atomic E-state index is 13.7. The smallest absolute Gasteiger partial charge is 0.126 e. The van der Waals surface area contributed by atoms with E-state index in [1.54, 1.807) is 6.07 Å². The first-order valence-electron chi connectivity index (χ1n) is 7.34. The molecule has 1 fully saturated rings. The Morgan fingerprint density at radius 3 is 2.58 bits per heavy atom. The van der Waals surface area contributed by atoms with Crippen molar-refractivity contribution < 1.29 is 4.39 Å². The number of rotatable bonds is 4. The van der Waals surface area contributed by atoms with Crippen molar-refractivity contribution in [2.75, 3.05) is 0 Å². The van der Waals surface area contributed by atoms with Crippen LogP contribution in [0.3, 0.4) is 0 Å². The lowest BCUT2D eigenvalue weighted by Crippen LogP contribution is -2.26. The summed E-state index contributed by atoms with van der Waals surface area (Å²) in [6.07, 6.45) is 9.68. The van der Waals surface area contributed by atoms with Crippen molar-refractivity contribution in [3.8, 4) is 0 Å². The summed E-state index contributed by atoms with van der Waals surface area (Å²) in [6, 6.07) is 5.17. The first-order chi connectivity index (χ1) is 9.15. The number of nitrogens with two attached hydrogens (primary N) is 1. The Balaban J connectivity index is 1.89. The van der Waals surface area contributed by atoms with E-state index in [0.717, 1.165) is 22.4 Å². The lowest BCUT2D eigenvalue weighted by atomic mass is 9.90. The topological polar surface area (TPSA) is 26.0 Å². The maximum absolute atomic E-state index is 13.7. The molecule has 106 valence electrons. The van der Waals surface area contributed by atoms with Crippen LogP contribution in [0.2, 0.25) is 0 Å². The van der Waals surface area contributed by atoms with E-state index in [2.05, 4.69) is 15.9 Å². The van der Waals surface area contributed by atoms with Gasteiger partial charge in [0, 0.05) is 10.5 Å². The minimum atomic E-state index is -0.139. The molecule has 1 aromatic rings. The third kappa shape index (κ3) is 4.88. The van der Waals surface area contributed by atoms with Gasteiger partial charge in [-0.15, -0.1) is 0 Å². The van der Waals surface area contributed by atoms with Gasteiger partial charge in [0.05, 0.1) is 0 Å². The van der Waals surface area contributed by atoms with E-state index in [1.807, 2.05) is 6.07 Å². The predicted octanol–water partition coefficient (Wildman–Crippen LogP) is 4.82. The Kier molecular flexibility index (Phi) is 5.83. The summed E-state index contributed by atoms with van der Waals surface area (Å²) in [5.74, 6) is 0.604. The van der Waals surface area contributed by atoms with Gasteiger partial charge in [-0.3, -0.25) is 0 Å². The SMILES string of the molecule is NC(Cc1cc(Br)ccc1F)CC1CCCCCC1. The first kappa shape index (κ1) is 15.0. The van der Waals surface area contributed by atoms with Crippen molar-refractivity contribution in [2.45, 2.75) is 57.4 Å². The molecule has 3 heteroatoms. The van der Waals surface area contributed by atoms with Crippen molar-refractivity contribution in [1.82, 2.24) is 0 Å². The number of hydrogen-bond acceptors (Lipinski definition) is 1. The first-order valence-corrected chi connectivity index (χ1v) is 8.14. The molecule has 2 rings (SSSR count). The van der Waals surface area contributed by atoms with Gasteiger partial charge in [0.25, 0.3) is 0 Å². The average molecular weight is 328 g/mol. The van der Waals surface area contributed by atoms with E-state index in [0.29, 0.717) is 6.42 Å². The summed E-state index contributed by atoms with van der Waals surface area (Å²) in [5.41, 5.74) is 6.96. The summed E-state index contributed by atoms with van der Waals surface area (Å²) in [5, 5.41) is 0. The van der Waals surface area contributed by atoms with Crippen LogP contribution < -0.4 is 5.73 Å².